The van der Waals surface area contributed by atoms with E-state index in [1.807, 2.05) is 13.8 Å². The Bertz CT molecular complexity index is 524. The van der Waals surface area contributed by atoms with Crippen LogP contribution in [-0.2, 0) is 12.8 Å². The van der Waals surface area contributed by atoms with Crippen LogP contribution >= 0.6 is 0 Å². The van der Waals surface area contributed by atoms with Gasteiger partial charge in [0.2, 0.25) is 0 Å². The van der Waals surface area contributed by atoms with Gasteiger partial charge in [0.1, 0.15) is 5.56 Å². The predicted molar refractivity (Wildman–Crippen MR) is 83.0 cm³/mol. The summed E-state index contributed by atoms with van der Waals surface area (Å²) in [5.41, 5.74) is 1.98. The third-order valence-corrected chi connectivity index (χ3v) is 4.09. The van der Waals surface area contributed by atoms with E-state index in [2.05, 4.69) is 28.9 Å². The van der Waals surface area contributed by atoms with Gasteiger partial charge in [0.15, 0.2) is 5.82 Å². The van der Waals surface area contributed by atoms with Gasteiger partial charge in [-0.25, -0.2) is 4.79 Å². The summed E-state index contributed by atoms with van der Waals surface area (Å²) in [6.07, 6.45) is 3.84. The Balaban J connectivity index is 2.51. The van der Waals surface area contributed by atoms with Crippen molar-refractivity contribution >= 4 is 11.8 Å². The van der Waals surface area contributed by atoms with E-state index < -0.39 is 5.97 Å². The molecule has 1 N–H and O–H groups in total. The number of hydrogen-bond acceptors (Lipinski definition) is 4. The summed E-state index contributed by atoms with van der Waals surface area (Å²) in [6, 6.07) is 0.218. The maximum atomic E-state index is 11.8. The van der Waals surface area contributed by atoms with E-state index >= 15 is 0 Å². The molecule has 1 aromatic rings. The number of aromatic nitrogens is 2. The monoisotopic (exact) mass is 291 g/mol. The first-order chi connectivity index (χ1) is 9.99. The van der Waals surface area contributed by atoms with Gasteiger partial charge in [-0.15, -0.1) is 5.10 Å². The molecule has 0 aromatic carbocycles. The molecule has 5 heteroatoms. The topological polar surface area (TPSA) is 66.3 Å². The molecule has 1 fully saturated rings. The minimum absolute atomic E-state index is 0.218. The van der Waals surface area contributed by atoms with Crippen LogP contribution in [0.4, 0.5) is 5.82 Å². The quantitative estimate of drug-likeness (QED) is 0.836. The van der Waals surface area contributed by atoms with Gasteiger partial charge in [-0.1, -0.05) is 13.8 Å². The normalized spacial score (nSPS) is 14.5. The fourth-order valence-corrected chi connectivity index (χ4v) is 2.71. The molecule has 0 radical (unpaired) electrons. The molecule has 1 saturated carbocycles. The number of carboxylic acid groups (broad SMARTS) is 1. The van der Waals surface area contributed by atoms with Crippen molar-refractivity contribution in [2.45, 2.75) is 59.4 Å². The number of carbonyl (C=O) groups is 1. The number of anilines is 1. The van der Waals surface area contributed by atoms with E-state index in [4.69, 9.17) is 0 Å². The average Bonchev–Trinajstić information content (AvgIpc) is 3.26. The van der Waals surface area contributed by atoms with Crippen molar-refractivity contribution in [3.8, 4) is 0 Å². The lowest BCUT2D eigenvalue weighted by atomic mass is 10.0. The Hall–Kier alpha value is -1.65. The molecule has 0 saturated heterocycles. The third-order valence-electron chi connectivity index (χ3n) is 4.09. The molecular formula is C16H25N3O2. The second kappa shape index (κ2) is 6.41. The molecule has 116 valence electrons. The largest absolute Gasteiger partial charge is 0.478 e. The second-order valence-corrected chi connectivity index (χ2v) is 6.03. The predicted octanol–water partition coefficient (Wildman–Crippen LogP) is 2.92. The Morgan fingerprint density at radius 2 is 1.95 bits per heavy atom. The van der Waals surface area contributed by atoms with E-state index in [0.717, 1.165) is 17.8 Å². The van der Waals surface area contributed by atoms with Gasteiger partial charge in [0.05, 0.1) is 5.69 Å². The molecule has 1 aliphatic carbocycles. The molecule has 0 unspecified atom stereocenters. The Morgan fingerprint density at radius 3 is 2.38 bits per heavy atom. The van der Waals surface area contributed by atoms with Crippen molar-refractivity contribution in [1.29, 1.82) is 0 Å². The Kier molecular flexibility index (Phi) is 4.80. The summed E-state index contributed by atoms with van der Waals surface area (Å²) in [6.45, 7) is 9.00. The van der Waals surface area contributed by atoms with Crippen LogP contribution < -0.4 is 4.90 Å². The van der Waals surface area contributed by atoms with Crippen molar-refractivity contribution in [2.75, 3.05) is 11.4 Å². The van der Waals surface area contributed by atoms with Crippen molar-refractivity contribution < 1.29 is 9.90 Å². The highest BCUT2D eigenvalue weighted by atomic mass is 16.4. The Labute approximate surface area is 126 Å². The van der Waals surface area contributed by atoms with Gasteiger partial charge < -0.3 is 10.0 Å². The second-order valence-electron chi connectivity index (χ2n) is 6.03. The molecule has 0 atom stereocenters. The maximum Gasteiger partial charge on any atom is 0.339 e. The van der Waals surface area contributed by atoms with E-state index in [0.29, 0.717) is 30.1 Å². The van der Waals surface area contributed by atoms with Gasteiger partial charge in [-0.2, -0.15) is 5.10 Å². The van der Waals surface area contributed by atoms with Crippen LogP contribution in [0, 0.1) is 5.92 Å². The van der Waals surface area contributed by atoms with Gasteiger partial charge >= 0.3 is 5.97 Å². The molecule has 0 bridgehead atoms. The SMILES string of the molecule is CCc1nnc(N(CC2CC2)C(C)C)c(C(=O)O)c1CC. The number of carboxylic acids is 1. The Morgan fingerprint density at radius 1 is 1.29 bits per heavy atom. The van der Waals surface area contributed by atoms with Gasteiger partial charge in [0.25, 0.3) is 0 Å². The van der Waals surface area contributed by atoms with E-state index in [1.165, 1.54) is 12.8 Å². The van der Waals surface area contributed by atoms with Crippen LogP contribution in [0.25, 0.3) is 0 Å². The molecule has 0 amide bonds. The van der Waals surface area contributed by atoms with Crippen LogP contribution in [0.1, 0.15) is 62.2 Å². The molecule has 2 rings (SSSR count). The zero-order valence-electron chi connectivity index (χ0n) is 13.4. The van der Waals surface area contributed by atoms with Crippen molar-refractivity contribution in [2.24, 2.45) is 5.92 Å². The third kappa shape index (κ3) is 3.34. The number of nitrogens with zero attached hydrogens (tertiary/aromatic N) is 3. The first-order valence-electron chi connectivity index (χ1n) is 7.87. The fourth-order valence-electron chi connectivity index (χ4n) is 2.71. The lowest BCUT2D eigenvalue weighted by molar-refractivity contribution is 0.0695. The van der Waals surface area contributed by atoms with E-state index in [1.54, 1.807) is 0 Å². The molecule has 1 aliphatic rings. The van der Waals surface area contributed by atoms with Crippen molar-refractivity contribution in [1.82, 2.24) is 10.2 Å². The molecule has 0 aliphatic heterocycles. The molecule has 0 spiro atoms. The first-order valence-corrected chi connectivity index (χ1v) is 7.87. The van der Waals surface area contributed by atoms with Gasteiger partial charge in [-0.3, -0.25) is 0 Å². The number of hydrogen-bond donors (Lipinski definition) is 1. The summed E-state index contributed by atoms with van der Waals surface area (Å²) in [5.74, 6) is 0.318. The van der Waals surface area contributed by atoms with Crippen LogP contribution in [0.5, 0.6) is 0 Å². The van der Waals surface area contributed by atoms with Crippen molar-refractivity contribution in [3.63, 3.8) is 0 Å². The minimum atomic E-state index is -0.895. The highest BCUT2D eigenvalue weighted by Crippen LogP contribution is 2.33. The fraction of sp³-hybridized carbons (Fsp3) is 0.688. The van der Waals surface area contributed by atoms with Crippen molar-refractivity contribution in [3.05, 3.63) is 16.8 Å². The van der Waals surface area contributed by atoms with Gasteiger partial charge in [-0.05, 0) is 51.0 Å². The molecule has 21 heavy (non-hydrogen) atoms. The highest BCUT2D eigenvalue weighted by Gasteiger charge is 2.30. The van der Waals surface area contributed by atoms with E-state index in [9.17, 15) is 9.90 Å². The highest BCUT2D eigenvalue weighted by molar-refractivity contribution is 5.95. The lowest BCUT2D eigenvalue weighted by Crippen LogP contribution is -2.35. The van der Waals surface area contributed by atoms with Gasteiger partial charge in [0, 0.05) is 12.6 Å². The number of aryl methyl sites for hydroxylation is 1. The van der Waals surface area contributed by atoms with Crippen LogP contribution in [0.15, 0.2) is 0 Å². The smallest absolute Gasteiger partial charge is 0.339 e. The summed E-state index contributed by atoms with van der Waals surface area (Å²) in [7, 11) is 0. The summed E-state index contributed by atoms with van der Waals surface area (Å²) in [5, 5.41) is 18.2. The maximum absolute atomic E-state index is 11.8. The number of rotatable bonds is 7. The standard InChI is InChI=1S/C16H25N3O2/c1-5-12-13(6-2)17-18-15(14(12)16(20)21)19(10(3)4)9-11-7-8-11/h10-11H,5-9H2,1-4H3,(H,20,21). The summed E-state index contributed by atoms with van der Waals surface area (Å²) >= 11 is 0. The molecule has 1 heterocycles. The zero-order valence-corrected chi connectivity index (χ0v) is 13.4. The van der Waals surface area contributed by atoms with Crippen LogP contribution in [0.3, 0.4) is 0 Å². The first kappa shape index (κ1) is 15.7. The van der Waals surface area contributed by atoms with Crippen LogP contribution in [0.2, 0.25) is 0 Å². The average molecular weight is 291 g/mol. The zero-order chi connectivity index (χ0) is 15.6. The molecular weight excluding hydrogens is 266 g/mol. The van der Waals surface area contributed by atoms with E-state index in [-0.39, 0.29) is 6.04 Å². The summed E-state index contributed by atoms with van der Waals surface area (Å²) < 4.78 is 0. The molecule has 1 aromatic heterocycles. The lowest BCUT2D eigenvalue weighted by Gasteiger charge is -2.29. The molecule has 5 nitrogen and oxygen atoms in total. The minimum Gasteiger partial charge on any atom is -0.478 e. The summed E-state index contributed by atoms with van der Waals surface area (Å²) in [4.78, 5) is 13.9. The van der Waals surface area contributed by atoms with Crippen LogP contribution in [-0.4, -0.2) is 33.9 Å². The number of aromatic carboxylic acids is 1.